The molecule has 0 aliphatic heterocycles. The van der Waals surface area contributed by atoms with E-state index in [1.165, 1.54) is 0 Å². The van der Waals surface area contributed by atoms with E-state index in [1.807, 2.05) is 56.3 Å². The third-order valence-corrected chi connectivity index (χ3v) is 4.99. The van der Waals surface area contributed by atoms with Crippen LogP contribution in [0.15, 0.2) is 48.7 Å². The Balaban J connectivity index is 1.51. The van der Waals surface area contributed by atoms with Crippen LogP contribution in [0, 0.1) is 13.8 Å². The summed E-state index contributed by atoms with van der Waals surface area (Å²) in [7, 11) is 0. The Labute approximate surface area is 178 Å². The molecule has 0 aliphatic rings. The van der Waals surface area contributed by atoms with Crippen molar-refractivity contribution in [2.75, 3.05) is 10.6 Å². The SMILES string of the molecule is Cc1cc(CNc2n[nH]c(Nc3ccc(-c4ccn[nH]4)cc3)c2C(N)=O)cc(C)c1O. The van der Waals surface area contributed by atoms with Gasteiger partial charge in [-0.3, -0.25) is 15.0 Å². The molecule has 4 rings (SSSR count). The first-order valence-corrected chi connectivity index (χ1v) is 9.70. The first kappa shape index (κ1) is 20.0. The van der Waals surface area contributed by atoms with E-state index in [-0.39, 0.29) is 11.3 Å². The lowest BCUT2D eigenvalue weighted by Crippen LogP contribution is -2.15. The Kier molecular flexibility index (Phi) is 5.31. The van der Waals surface area contributed by atoms with Crippen molar-refractivity contribution in [3.8, 4) is 17.0 Å². The van der Waals surface area contributed by atoms with E-state index >= 15 is 0 Å². The molecule has 0 saturated carbocycles. The quantitative estimate of drug-likeness (QED) is 0.271. The van der Waals surface area contributed by atoms with Crippen molar-refractivity contribution < 1.29 is 9.90 Å². The number of phenolic OH excluding ortho intramolecular Hbond substituents is 1. The Morgan fingerprint density at radius 2 is 1.81 bits per heavy atom. The number of carbonyl (C=O) groups excluding carboxylic acids is 1. The molecule has 9 nitrogen and oxygen atoms in total. The molecular weight excluding hydrogens is 394 g/mol. The molecule has 1 amide bonds. The molecule has 158 valence electrons. The predicted molar refractivity (Wildman–Crippen MR) is 119 cm³/mol. The zero-order valence-corrected chi connectivity index (χ0v) is 17.2. The van der Waals surface area contributed by atoms with Crippen LogP contribution in [0.25, 0.3) is 11.3 Å². The second-order valence-corrected chi connectivity index (χ2v) is 7.29. The largest absolute Gasteiger partial charge is 0.507 e. The number of amides is 1. The van der Waals surface area contributed by atoms with E-state index in [1.54, 1.807) is 6.20 Å². The molecule has 9 heteroatoms. The first-order valence-electron chi connectivity index (χ1n) is 9.70. The van der Waals surface area contributed by atoms with Crippen LogP contribution in [0.1, 0.15) is 27.0 Å². The van der Waals surface area contributed by atoms with Crippen molar-refractivity contribution in [3.63, 3.8) is 0 Å². The molecule has 0 atom stereocenters. The summed E-state index contributed by atoms with van der Waals surface area (Å²) in [6.45, 7) is 4.11. The van der Waals surface area contributed by atoms with Crippen LogP contribution in [-0.2, 0) is 6.54 Å². The third-order valence-electron chi connectivity index (χ3n) is 4.99. The van der Waals surface area contributed by atoms with Crippen LogP contribution < -0.4 is 16.4 Å². The number of aromatic amines is 2. The second kappa shape index (κ2) is 8.23. The average Bonchev–Trinajstić information content (AvgIpc) is 3.41. The summed E-state index contributed by atoms with van der Waals surface area (Å²) in [6, 6.07) is 13.3. The van der Waals surface area contributed by atoms with Gasteiger partial charge >= 0.3 is 0 Å². The number of rotatable bonds is 7. The highest BCUT2D eigenvalue weighted by atomic mass is 16.3. The van der Waals surface area contributed by atoms with Gasteiger partial charge in [-0.25, -0.2) is 0 Å². The topological polar surface area (TPSA) is 145 Å². The highest BCUT2D eigenvalue weighted by molar-refractivity contribution is 6.03. The van der Waals surface area contributed by atoms with Crippen molar-refractivity contribution in [2.24, 2.45) is 5.73 Å². The number of primary amides is 1. The van der Waals surface area contributed by atoms with Crippen molar-refractivity contribution in [1.29, 1.82) is 0 Å². The molecule has 0 spiro atoms. The molecule has 2 heterocycles. The van der Waals surface area contributed by atoms with E-state index in [4.69, 9.17) is 5.73 Å². The molecule has 0 saturated heterocycles. The Morgan fingerprint density at radius 3 is 2.42 bits per heavy atom. The number of aryl methyl sites for hydroxylation is 2. The number of nitrogens with two attached hydrogens (primary N) is 1. The zero-order chi connectivity index (χ0) is 22.0. The van der Waals surface area contributed by atoms with Gasteiger partial charge in [-0.1, -0.05) is 24.3 Å². The Hall–Kier alpha value is -4.27. The Bertz CT molecular complexity index is 1190. The number of benzene rings is 2. The maximum atomic E-state index is 12.1. The highest BCUT2D eigenvalue weighted by Gasteiger charge is 2.19. The van der Waals surface area contributed by atoms with Gasteiger partial charge in [0.05, 0.1) is 5.69 Å². The number of nitrogens with zero attached hydrogens (tertiary/aromatic N) is 2. The van der Waals surface area contributed by atoms with E-state index in [0.29, 0.717) is 18.2 Å². The number of hydrogen-bond donors (Lipinski definition) is 6. The van der Waals surface area contributed by atoms with Gasteiger partial charge < -0.3 is 21.5 Å². The molecule has 0 fully saturated rings. The van der Waals surface area contributed by atoms with Gasteiger partial charge in [0.25, 0.3) is 5.91 Å². The van der Waals surface area contributed by atoms with Crippen molar-refractivity contribution in [3.05, 3.63) is 70.9 Å². The van der Waals surface area contributed by atoms with Crippen LogP contribution in [0.4, 0.5) is 17.3 Å². The van der Waals surface area contributed by atoms with Gasteiger partial charge in [0.15, 0.2) is 5.82 Å². The van der Waals surface area contributed by atoms with E-state index in [0.717, 1.165) is 33.6 Å². The van der Waals surface area contributed by atoms with Gasteiger partial charge in [-0.05, 0) is 54.3 Å². The fraction of sp³-hybridized carbons (Fsp3) is 0.136. The van der Waals surface area contributed by atoms with Crippen LogP contribution in [0.3, 0.4) is 0 Å². The molecule has 0 radical (unpaired) electrons. The lowest BCUT2D eigenvalue weighted by Gasteiger charge is -2.10. The number of anilines is 3. The average molecular weight is 417 g/mol. The number of aromatic nitrogens is 4. The standard InChI is InChI=1S/C22H23N7O2/c1-12-9-14(10-13(2)19(12)30)11-24-21-18(20(23)31)22(29-28-21)26-16-5-3-15(4-6-16)17-7-8-25-27-17/h3-10,30H,11H2,1-2H3,(H2,23,31)(H,25,27)(H3,24,26,28,29). The number of nitrogens with one attached hydrogen (secondary N) is 4. The summed E-state index contributed by atoms with van der Waals surface area (Å²) in [5.74, 6) is 0.437. The van der Waals surface area contributed by atoms with Crippen molar-refractivity contribution >= 4 is 23.2 Å². The lowest BCUT2D eigenvalue weighted by molar-refractivity contribution is 0.100. The summed E-state index contributed by atoms with van der Waals surface area (Å²) in [6.07, 6.45) is 1.69. The van der Waals surface area contributed by atoms with E-state index in [2.05, 4.69) is 31.0 Å². The number of phenols is 1. The second-order valence-electron chi connectivity index (χ2n) is 7.29. The molecule has 7 N–H and O–H groups in total. The van der Waals surface area contributed by atoms with E-state index in [9.17, 15) is 9.90 Å². The van der Waals surface area contributed by atoms with Crippen molar-refractivity contribution in [1.82, 2.24) is 20.4 Å². The number of aromatic hydroxyl groups is 1. The number of carbonyl (C=O) groups is 1. The molecule has 2 aromatic heterocycles. The van der Waals surface area contributed by atoms with Gasteiger partial charge in [-0.2, -0.15) is 10.2 Å². The van der Waals surface area contributed by atoms with Crippen LogP contribution in [0.2, 0.25) is 0 Å². The van der Waals surface area contributed by atoms with Crippen molar-refractivity contribution in [2.45, 2.75) is 20.4 Å². The smallest absolute Gasteiger partial charge is 0.256 e. The summed E-state index contributed by atoms with van der Waals surface area (Å²) in [5.41, 5.74) is 11.1. The minimum Gasteiger partial charge on any atom is -0.507 e. The van der Waals surface area contributed by atoms with Gasteiger partial charge in [-0.15, -0.1) is 0 Å². The molecule has 0 bridgehead atoms. The molecular formula is C22H23N7O2. The third kappa shape index (κ3) is 4.20. The first-order chi connectivity index (χ1) is 14.9. The van der Waals surface area contributed by atoms with Crippen LogP contribution >= 0.6 is 0 Å². The minimum absolute atomic E-state index is 0.241. The zero-order valence-electron chi connectivity index (χ0n) is 17.2. The van der Waals surface area contributed by atoms with Crippen LogP contribution in [-0.4, -0.2) is 31.4 Å². The monoisotopic (exact) mass is 417 g/mol. The highest BCUT2D eigenvalue weighted by Crippen LogP contribution is 2.27. The summed E-state index contributed by atoms with van der Waals surface area (Å²) in [5, 5.41) is 30.1. The lowest BCUT2D eigenvalue weighted by atomic mass is 10.1. The molecule has 31 heavy (non-hydrogen) atoms. The fourth-order valence-electron chi connectivity index (χ4n) is 3.43. The Morgan fingerprint density at radius 1 is 1.10 bits per heavy atom. The van der Waals surface area contributed by atoms with Gasteiger partial charge in [0.1, 0.15) is 17.1 Å². The summed E-state index contributed by atoms with van der Waals surface area (Å²) in [4.78, 5) is 12.1. The predicted octanol–water partition coefficient (Wildman–Crippen LogP) is 3.58. The fourth-order valence-corrected chi connectivity index (χ4v) is 3.43. The summed E-state index contributed by atoms with van der Waals surface area (Å²) < 4.78 is 0. The maximum absolute atomic E-state index is 12.1. The normalized spacial score (nSPS) is 10.8. The summed E-state index contributed by atoms with van der Waals surface area (Å²) >= 11 is 0. The molecule has 0 aliphatic carbocycles. The minimum atomic E-state index is -0.606. The molecule has 0 unspecified atom stereocenters. The molecule has 4 aromatic rings. The van der Waals surface area contributed by atoms with Gasteiger partial charge in [0, 0.05) is 18.4 Å². The number of H-pyrrole nitrogens is 2. The van der Waals surface area contributed by atoms with Crippen LogP contribution in [0.5, 0.6) is 5.75 Å². The molecule has 2 aromatic carbocycles. The maximum Gasteiger partial charge on any atom is 0.256 e. The van der Waals surface area contributed by atoms with Gasteiger partial charge in [0.2, 0.25) is 0 Å². The van der Waals surface area contributed by atoms with E-state index < -0.39 is 5.91 Å². The number of hydrogen-bond acceptors (Lipinski definition) is 6.